The van der Waals surface area contributed by atoms with Gasteiger partial charge in [-0.25, -0.2) is 4.79 Å². The molecule has 0 spiro atoms. The smallest absolute Gasteiger partial charge is 0.410 e. The van der Waals surface area contributed by atoms with E-state index in [1.807, 2.05) is 25.1 Å². The van der Waals surface area contributed by atoms with Gasteiger partial charge in [-0.05, 0) is 25.6 Å². The summed E-state index contributed by atoms with van der Waals surface area (Å²) in [6.45, 7) is 3.48. The largest absolute Gasteiger partial charge is 0.441 e. The lowest BCUT2D eigenvalue weighted by molar-refractivity contribution is 0.0669. The average molecular weight is 235 g/mol. The van der Waals surface area contributed by atoms with Crippen molar-refractivity contribution in [3.8, 4) is 0 Å². The molecule has 1 aromatic rings. The summed E-state index contributed by atoms with van der Waals surface area (Å²) in [7, 11) is 0. The number of carbonyl (C=O) groups excluding carboxylic acids is 1. The summed E-state index contributed by atoms with van der Waals surface area (Å²) < 4.78 is 5.35. The first-order chi connectivity index (χ1) is 8.13. The predicted octanol–water partition coefficient (Wildman–Crippen LogP) is 1.14. The van der Waals surface area contributed by atoms with E-state index in [1.54, 1.807) is 11.1 Å². The molecule has 1 aromatic heterocycles. The van der Waals surface area contributed by atoms with E-state index in [2.05, 4.69) is 4.98 Å². The third-order valence-corrected chi connectivity index (χ3v) is 2.87. The second-order valence-corrected chi connectivity index (χ2v) is 4.53. The lowest BCUT2D eigenvalue weighted by atomic mass is 10.0. The van der Waals surface area contributed by atoms with E-state index in [0.717, 1.165) is 5.69 Å². The van der Waals surface area contributed by atoms with Gasteiger partial charge in [0.1, 0.15) is 5.60 Å². The molecule has 1 fully saturated rings. The summed E-state index contributed by atoms with van der Waals surface area (Å²) in [5.74, 6) is 0. The van der Waals surface area contributed by atoms with Crippen LogP contribution >= 0.6 is 0 Å². The minimum Gasteiger partial charge on any atom is -0.441 e. The zero-order chi connectivity index (χ0) is 12.3. The molecule has 17 heavy (non-hydrogen) atoms. The van der Waals surface area contributed by atoms with Crippen LogP contribution < -0.4 is 5.73 Å². The number of amides is 1. The number of hydrogen-bond acceptors (Lipinski definition) is 4. The fourth-order valence-corrected chi connectivity index (χ4v) is 2.02. The first-order valence-electron chi connectivity index (χ1n) is 5.71. The Hall–Kier alpha value is -1.62. The van der Waals surface area contributed by atoms with Gasteiger partial charge in [0.15, 0.2) is 0 Å². The summed E-state index contributed by atoms with van der Waals surface area (Å²) in [4.78, 5) is 17.6. The van der Waals surface area contributed by atoms with E-state index in [4.69, 9.17) is 10.5 Å². The summed E-state index contributed by atoms with van der Waals surface area (Å²) in [6.07, 6.45) is 2.11. The molecule has 0 radical (unpaired) electrons. The highest BCUT2D eigenvalue weighted by atomic mass is 16.6. The Bertz CT molecular complexity index is 396. The van der Waals surface area contributed by atoms with Gasteiger partial charge in [0, 0.05) is 12.6 Å². The van der Waals surface area contributed by atoms with E-state index in [1.165, 1.54) is 0 Å². The fraction of sp³-hybridized carbons (Fsp3) is 0.500. The molecule has 0 saturated carbocycles. The predicted molar refractivity (Wildman–Crippen MR) is 63.2 cm³/mol. The van der Waals surface area contributed by atoms with Gasteiger partial charge >= 0.3 is 6.09 Å². The molecule has 5 nitrogen and oxygen atoms in total. The maximum atomic E-state index is 11.7. The number of ether oxygens (including phenoxy) is 1. The molecular weight excluding hydrogens is 218 g/mol. The van der Waals surface area contributed by atoms with Gasteiger partial charge in [0.05, 0.1) is 18.8 Å². The summed E-state index contributed by atoms with van der Waals surface area (Å²) in [5.41, 5.74) is 5.92. The molecule has 1 atom stereocenters. The minimum absolute atomic E-state index is 0.286. The van der Waals surface area contributed by atoms with Crippen LogP contribution in [0.1, 0.15) is 19.0 Å². The second-order valence-electron chi connectivity index (χ2n) is 4.53. The molecule has 0 aromatic carbocycles. The van der Waals surface area contributed by atoms with Crippen LogP contribution in [-0.4, -0.2) is 34.7 Å². The van der Waals surface area contributed by atoms with E-state index >= 15 is 0 Å². The van der Waals surface area contributed by atoms with Gasteiger partial charge in [0.2, 0.25) is 0 Å². The van der Waals surface area contributed by atoms with Gasteiger partial charge < -0.3 is 10.5 Å². The van der Waals surface area contributed by atoms with Gasteiger partial charge in [0.25, 0.3) is 0 Å². The van der Waals surface area contributed by atoms with Crippen LogP contribution in [0.4, 0.5) is 4.79 Å². The second kappa shape index (κ2) is 4.71. The Balaban J connectivity index is 2.02. The molecular formula is C12H17N3O2. The number of nitrogens with zero attached hydrogens (tertiary/aromatic N) is 2. The lowest BCUT2D eigenvalue weighted by Gasteiger charge is -2.20. The van der Waals surface area contributed by atoms with Crippen molar-refractivity contribution in [2.45, 2.75) is 25.5 Å². The summed E-state index contributed by atoms with van der Waals surface area (Å²) in [5, 5.41) is 0. The molecule has 1 aliphatic heterocycles. The maximum Gasteiger partial charge on any atom is 0.410 e. The zero-order valence-corrected chi connectivity index (χ0v) is 9.93. The third-order valence-electron chi connectivity index (χ3n) is 2.87. The van der Waals surface area contributed by atoms with Crippen LogP contribution in [0, 0.1) is 0 Å². The van der Waals surface area contributed by atoms with Gasteiger partial charge in [-0.15, -0.1) is 0 Å². The molecule has 2 N–H and O–H groups in total. The summed E-state index contributed by atoms with van der Waals surface area (Å²) in [6, 6.07) is 5.65. The number of hydrogen-bond donors (Lipinski definition) is 1. The van der Waals surface area contributed by atoms with Gasteiger partial charge in [-0.1, -0.05) is 6.07 Å². The van der Waals surface area contributed by atoms with E-state index in [9.17, 15) is 4.79 Å². The van der Waals surface area contributed by atoms with Crippen LogP contribution in [0.25, 0.3) is 0 Å². The van der Waals surface area contributed by atoms with Crippen molar-refractivity contribution in [1.82, 2.24) is 9.88 Å². The van der Waals surface area contributed by atoms with Gasteiger partial charge in [-0.2, -0.15) is 0 Å². The molecule has 1 amide bonds. The third kappa shape index (κ3) is 2.74. The van der Waals surface area contributed by atoms with Crippen molar-refractivity contribution < 1.29 is 9.53 Å². The van der Waals surface area contributed by atoms with Gasteiger partial charge in [-0.3, -0.25) is 9.88 Å². The van der Waals surface area contributed by atoms with Crippen molar-refractivity contribution in [2.75, 3.05) is 13.1 Å². The zero-order valence-electron chi connectivity index (χ0n) is 9.93. The van der Waals surface area contributed by atoms with Crippen LogP contribution in [0.15, 0.2) is 24.4 Å². The molecule has 0 aliphatic carbocycles. The highest BCUT2D eigenvalue weighted by Gasteiger charge is 2.40. The number of cyclic esters (lactones) is 1. The topological polar surface area (TPSA) is 68.5 Å². The highest BCUT2D eigenvalue weighted by molar-refractivity contribution is 5.70. The standard InChI is InChI=1S/C12H17N3O2/c1-12(5-6-13)9-15(11(16)17-12)8-10-4-2-3-7-14-10/h2-4,7H,5-6,8-9,13H2,1H3. The highest BCUT2D eigenvalue weighted by Crippen LogP contribution is 2.26. The van der Waals surface area contributed by atoms with Crippen molar-refractivity contribution >= 4 is 6.09 Å². The Morgan fingerprint density at radius 3 is 3.06 bits per heavy atom. The van der Waals surface area contributed by atoms with Crippen molar-refractivity contribution in [1.29, 1.82) is 0 Å². The molecule has 2 heterocycles. The van der Waals surface area contributed by atoms with Crippen LogP contribution in [0.5, 0.6) is 0 Å². The summed E-state index contributed by atoms with van der Waals surface area (Å²) >= 11 is 0. The molecule has 2 rings (SSSR count). The van der Waals surface area contributed by atoms with E-state index in [0.29, 0.717) is 26.1 Å². The number of rotatable bonds is 4. The van der Waals surface area contributed by atoms with Crippen molar-refractivity contribution in [2.24, 2.45) is 5.73 Å². The SMILES string of the molecule is CC1(CCN)CN(Cc2ccccn2)C(=O)O1. The van der Waals surface area contributed by atoms with Crippen molar-refractivity contribution in [3.63, 3.8) is 0 Å². The van der Waals surface area contributed by atoms with Crippen LogP contribution in [0.2, 0.25) is 0 Å². The Morgan fingerprint density at radius 1 is 1.59 bits per heavy atom. The fourth-order valence-electron chi connectivity index (χ4n) is 2.02. The molecule has 92 valence electrons. The Morgan fingerprint density at radius 2 is 2.41 bits per heavy atom. The molecule has 1 unspecified atom stereocenters. The minimum atomic E-state index is -0.458. The monoisotopic (exact) mass is 235 g/mol. The molecule has 0 bridgehead atoms. The lowest BCUT2D eigenvalue weighted by Crippen LogP contribution is -2.33. The molecule has 5 heteroatoms. The van der Waals surface area contributed by atoms with Crippen LogP contribution in [-0.2, 0) is 11.3 Å². The Kier molecular flexibility index (Phi) is 3.28. The van der Waals surface area contributed by atoms with Crippen molar-refractivity contribution in [3.05, 3.63) is 30.1 Å². The quantitative estimate of drug-likeness (QED) is 0.849. The number of aromatic nitrogens is 1. The molecule has 1 aliphatic rings. The van der Waals surface area contributed by atoms with Crippen LogP contribution in [0.3, 0.4) is 0 Å². The van der Waals surface area contributed by atoms with E-state index < -0.39 is 5.60 Å². The number of carbonyl (C=O) groups is 1. The maximum absolute atomic E-state index is 11.7. The first kappa shape index (κ1) is 11.9. The first-order valence-corrected chi connectivity index (χ1v) is 5.71. The number of nitrogens with two attached hydrogens (primary N) is 1. The number of pyridine rings is 1. The van der Waals surface area contributed by atoms with E-state index in [-0.39, 0.29) is 6.09 Å². The normalized spacial score (nSPS) is 23.9. The molecule has 1 saturated heterocycles. The average Bonchev–Trinajstić information content (AvgIpc) is 2.56. The Labute approximate surface area is 101 Å².